The van der Waals surface area contributed by atoms with Gasteiger partial charge in [0.1, 0.15) is 17.3 Å². The van der Waals surface area contributed by atoms with Crippen molar-refractivity contribution in [1.82, 2.24) is 0 Å². The molecule has 2 heterocycles. The van der Waals surface area contributed by atoms with Gasteiger partial charge in [-0.1, -0.05) is 57.8 Å². The first-order chi connectivity index (χ1) is 23.3. The molecule has 282 valence electrons. The molecule has 9 nitrogen and oxygen atoms in total. The summed E-state index contributed by atoms with van der Waals surface area (Å²) in [6.07, 6.45) is 3.76. The van der Waals surface area contributed by atoms with E-state index < -0.39 is 65.1 Å². The Bertz CT molecular complexity index is 1340. The lowest BCUT2D eigenvalue weighted by Crippen LogP contribution is -2.49. The number of ether oxygens (including phenoxy) is 2. The van der Waals surface area contributed by atoms with Crippen molar-refractivity contribution in [1.29, 1.82) is 0 Å². The maximum atomic E-state index is 14.8. The van der Waals surface area contributed by atoms with Crippen LogP contribution < -0.4 is 0 Å². The molecule has 4 rings (SSSR count). The summed E-state index contributed by atoms with van der Waals surface area (Å²) in [5.74, 6) is -4.78. The molecule has 9 heteroatoms. The zero-order valence-electron chi connectivity index (χ0n) is 32.0. The Morgan fingerprint density at radius 1 is 0.960 bits per heavy atom. The molecular formula is C41H64O9. The summed E-state index contributed by atoms with van der Waals surface area (Å²) >= 11 is 0. The summed E-state index contributed by atoms with van der Waals surface area (Å²) in [4.78, 5) is 56.4. The first-order valence-electron chi connectivity index (χ1n) is 19.1. The van der Waals surface area contributed by atoms with Crippen molar-refractivity contribution in [3.63, 3.8) is 0 Å². The Morgan fingerprint density at radius 3 is 2.28 bits per heavy atom. The van der Waals surface area contributed by atoms with Crippen molar-refractivity contribution in [2.75, 3.05) is 7.11 Å². The minimum absolute atomic E-state index is 0.00798. The van der Waals surface area contributed by atoms with Crippen LogP contribution in [0.4, 0.5) is 0 Å². The molecule has 0 spiro atoms. The average Bonchev–Trinajstić information content (AvgIpc) is 3.45. The lowest BCUT2D eigenvalue weighted by molar-refractivity contribution is -0.165. The number of carbonyl (C=O) groups excluding carboxylic acids is 4. The van der Waals surface area contributed by atoms with Gasteiger partial charge in [0.05, 0.1) is 42.5 Å². The van der Waals surface area contributed by atoms with Gasteiger partial charge in [0.15, 0.2) is 0 Å². The summed E-state index contributed by atoms with van der Waals surface area (Å²) in [5.41, 5.74) is -0.368. The first-order valence-corrected chi connectivity index (χ1v) is 19.1. The van der Waals surface area contributed by atoms with Crippen molar-refractivity contribution in [3.8, 4) is 0 Å². The van der Waals surface area contributed by atoms with Gasteiger partial charge in [-0.15, -0.1) is 0 Å². The van der Waals surface area contributed by atoms with Crippen LogP contribution in [0.25, 0.3) is 0 Å². The molecule has 2 fully saturated rings. The monoisotopic (exact) mass is 700 g/mol. The summed E-state index contributed by atoms with van der Waals surface area (Å²) in [6.45, 7) is 15.1. The zero-order chi connectivity index (χ0) is 37.3. The lowest BCUT2D eigenvalue weighted by Gasteiger charge is -2.45. The molecule has 1 saturated heterocycles. The molecular weight excluding hydrogens is 636 g/mol. The number of carbonyl (C=O) groups is 4. The average molecular weight is 701 g/mol. The summed E-state index contributed by atoms with van der Waals surface area (Å²) in [5, 5.41) is 35.3. The number of esters is 1. The van der Waals surface area contributed by atoms with E-state index in [9.17, 15) is 34.5 Å². The highest BCUT2D eigenvalue weighted by Gasteiger charge is 2.53. The third-order valence-corrected chi connectivity index (χ3v) is 12.8. The second-order valence-corrected chi connectivity index (χ2v) is 17.3. The van der Waals surface area contributed by atoms with Gasteiger partial charge in [-0.3, -0.25) is 19.2 Å². The first kappa shape index (κ1) is 40.6. The van der Waals surface area contributed by atoms with E-state index in [0.717, 1.165) is 18.4 Å². The minimum Gasteiger partial charge on any atom is -0.469 e. The molecule has 0 radical (unpaired) electrons. The molecule has 0 aromatic rings. The van der Waals surface area contributed by atoms with Crippen LogP contribution >= 0.6 is 0 Å². The number of aliphatic hydroxyl groups excluding tert-OH is 2. The maximum Gasteiger partial charge on any atom is 0.313 e. The van der Waals surface area contributed by atoms with E-state index >= 15 is 0 Å². The van der Waals surface area contributed by atoms with Gasteiger partial charge in [-0.05, 0) is 83.1 Å². The predicted octanol–water partition coefficient (Wildman–Crippen LogP) is 6.10. The Kier molecular flexibility index (Phi) is 13.2. The van der Waals surface area contributed by atoms with Crippen LogP contribution in [0.1, 0.15) is 126 Å². The number of allylic oxidation sites excluding steroid dienone is 2. The van der Waals surface area contributed by atoms with E-state index in [1.165, 1.54) is 7.11 Å². The fourth-order valence-electron chi connectivity index (χ4n) is 9.55. The van der Waals surface area contributed by atoms with Gasteiger partial charge >= 0.3 is 5.97 Å². The molecule has 50 heavy (non-hydrogen) atoms. The molecule has 0 aromatic carbocycles. The molecule has 12 atom stereocenters. The number of aliphatic hydroxyl groups is 3. The third kappa shape index (κ3) is 8.70. The predicted molar refractivity (Wildman–Crippen MR) is 191 cm³/mol. The highest BCUT2D eigenvalue weighted by molar-refractivity contribution is 5.91. The molecule has 2 bridgehead atoms. The quantitative estimate of drug-likeness (QED) is 0.230. The number of fused-ring (bicyclic) bond motifs is 5. The fourth-order valence-corrected chi connectivity index (χ4v) is 9.55. The smallest absolute Gasteiger partial charge is 0.313 e. The lowest BCUT2D eigenvalue weighted by atomic mass is 9.58. The van der Waals surface area contributed by atoms with Crippen molar-refractivity contribution in [2.45, 2.75) is 156 Å². The van der Waals surface area contributed by atoms with E-state index in [1.54, 1.807) is 13.8 Å². The van der Waals surface area contributed by atoms with Gasteiger partial charge in [0.25, 0.3) is 0 Å². The molecule has 0 aromatic heterocycles. The molecule has 1 unspecified atom stereocenters. The fraction of sp³-hybridized carbons (Fsp3) is 0.805. The van der Waals surface area contributed by atoms with E-state index in [0.29, 0.717) is 43.3 Å². The molecule has 3 N–H and O–H groups in total. The highest BCUT2D eigenvalue weighted by Crippen LogP contribution is 2.51. The summed E-state index contributed by atoms with van der Waals surface area (Å²) in [7, 11) is 1.29. The Morgan fingerprint density at radius 2 is 1.64 bits per heavy atom. The van der Waals surface area contributed by atoms with Crippen molar-refractivity contribution >= 4 is 23.3 Å². The SMILES string of the molecule is COC(=O)[C@H]1C(C)=C2[C@H](O)C[C@](C)(O)[C@H]3CC[C@](C)(O3)[C@@H](O)CC/C(C)=C/[C@@H]2[C@@H]2C(=O)C[C@@H](C)CCC[C@@H](C)C(=O)C[C@@H](C(C)C)C(=O)CC12. The number of hydrogen-bond donors (Lipinski definition) is 3. The zero-order valence-corrected chi connectivity index (χ0v) is 32.0. The van der Waals surface area contributed by atoms with Gasteiger partial charge in [0.2, 0.25) is 0 Å². The van der Waals surface area contributed by atoms with Crippen LogP contribution in [0.5, 0.6) is 0 Å². The maximum absolute atomic E-state index is 14.8. The van der Waals surface area contributed by atoms with Crippen LogP contribution in [0.2, 0.25) is 0 Å². The van der Waals surface area contributed by atoms with Crippen molar-refractivity contribution < 1.29 is 44.0 Å². The number of ketones is 3. The Hall–Kier alpha value is -2.20. The van der Waals surface area contributed by atoms with Crippen molar-refractivity contribution in [2.24, 2.45) is 47.3 Å². The minimum atomic E-state index is -1.48. The number of Topliss-reactive ketones (excluding diaryl/α,β-unsaturated/α-hetero) is 3. The molecule has 2 aliphatic carbocycles. The van der Waals surface area contributed by atoms with E-state index in [-0.39, 0.29) is 60.8 Å². The molecule has 2 aliphatic heterocycles. The van der Waals surface area contributed by atoms with Gasteiger partial charge in [-0.25, -0.2) is 0 Å². The highest BCUT2D eigenvalue weighted by atomic mass is 16.5. The standard InChI is InChI=1S/C41H64O9/c1-22(2)27-19-30(42)25(5)12-10-11-23(3)18-32(44)38-28-17-24(4)13-14-34(46)41(8)16-15-35(50-41)40(7,48)21-33(45)36(28)26(6)37(39(47)49-9)29(38)20-31(27)43/h17,22-23,25,27-29,33-35,37-38,45-46,48H,10-16,18-21H2,1-9H3/b24-17+/t23-,25+,27-,28-,29?,33+,34-,35+,37-,38-,40-,41-/m0/s1. The number of hydrogen-bond acceptors (Lipinski definition) is 9. The Labute approximate surface area is 299 Å². The second-order valence-electron chi connectivity index (χ2n) is 17.3. The van der Waals surface area contributed by atoms with Crippen LogP contribution in [0.3, 0.4) is 0 Å². The third-order valence-electron chi connectivity index (χ3n) is 12.8. The number of rotatable bonds is 2. The van der Waals surface area contributed by atoms with E-state index in [1.807, 2.05) is 47.6 Å². The molecule has 1 saturated carbocycles. The van der Waals surface area contributed by atoms with Gasteiger partial charge < -0.3 is 24.8 Å². The van der Waals surface area contributed by atoms with Crippen LogP contribution in [-0.2, 0) is 28.7 Å². The second kappa shape index (κ2) is 16.2. The normalized spacial score (nSPS) is 42.7. The van der Waals surface area contributed by atoms with E-state index in [4.69, 9.17) is 9.47 Å². The molecule has 4 aliphatic rings. The topological polar surface area (TPSA) is 147 Å². The van der Waals surface area contributed by atoms with Crippen LogP contribution in [0, 0.1) is 47.3 Å². The van der Waals surface area contributed by atoms with Crippen molar-refractivity contribution in [3.05, 3.63) is 22.8 Å². The summed E-state index contributed by atoms with van der Waals surface area (Å²) in [6, 6.07) is 0. The van der Waals surface area contributed by atoms with Gasteiger partial charge in [0, 0.05) is 49.4 Å². The molecule has 0 amide bonds. The summed E-state index contributed by atoms with van der Waals surface area (Å²) < 4.78 is 11.7. The Balaban J connectivity index is 1.94. The van der Waals surface area contributed by atoms with Crippen LogP contribution in [-0.4, -0.2) is 75.3 Å². The largest absolute Gasteiger partial charge is 0.469 e. The van der Waals surface area contributed by atoms with Gasteiger partial charge in [-0.2, -0.15) is 0 Å². The number of methoxy groups -OCH3 is 1. The van der Waals surface area contributed by atoms with Crippen LogP contribution in [0.15, 0.2) is 22.8 Å². The van der Waals surface area contributed by atoms with E-state index in [2.05, 4.69) is 0 Å².